The monoisotopic (exact) mass is 261 g/mol. The molecule has 19 heavy (non-hydrogen) atoms. The highest BCUT2D eigenvalue weighted by Gasteiger charge is 1.95. The molecule has 0 aromatic heterocycles. The van der Waals surface area contributed by atoms with Crippen LogP contribution in [0.15, 0.2) is 43.0 Å². The summed E-state index contributed by atoms with van der Waals surface area (Å²) in [6.07, 6.45) is 5.33. The molecule has 1 aromatic rings. The average Bonchev–Trinajstić information content (AvgIpc) is 2.46. The van der Waals surface area contributed by atoms with Crippen molar-refractivity contribution in [2.45, 2.75) is 25.7 Å². The molecule has 0 spiro atoms. The van der Waals surface area contributed by atoms with Crippen LogP contribution in [0.4, 0.5) is 0 Å². The first-order valence-corrected chi connectivity index (χ1v) is 6.85. The Morgan fingerprint density at radius 2 is 1.89 bits per heavy atom. The second-order valence-electron chi connectivity index (χ2n) is 4.40. The Bertz CT molecular complexity index is 362. The van der Waals surface area contributed by atoms with Gasteiger partial charge in [-0.2, -0.15) is 0 Å². The number of carbonyl (C=O) groups excluding carboxylic acids is 1. The molecular weight excluding hydrogens is 238 g/mol. The molecule has 0 unspecified atom stereocenters. The Morgan fingerprint density at radius 3 is 2.63 bits per heavy atom. The maximum atomic E-state index is 10.9. The van der Waals surface area contributed by atoms with E-state index in [2.05, 4.69) is 36.2 Å². The Labute approximate surface area is 115 Å². The lowest BCUT2D eigenvalue weighted by molar-refractivity contribution is -0.116. The van der Waals surface area contributed by atoms with Crippen LogP contribution >= 0.6 is 0 Å². The van der Waals surface area contributed by atoms with Crippen LogP contribution in [0.1, 0.15) is 24.8 Å². The summed E-state index contributed by atoms with van der Waals surface area (Å²) in [6.45, 7) is 5.65. The van der Waals surface area contributed by atoms with E-state index >= 15 is 0 Å². The molecule has 1 rings (SSSR count). The zero-order valence-corrected chi connectivity index (χ0v) is 11.4. The van der Waals surface area contributed by atoms with Gasteiger partial charge in [-0.25, -0.2) is 0 Å². The lowest BCUT2D eigenvalue weighted by atomic mass is 10.1. The summed E-state index contributed by atoms with van der Waals surface area (Å²) in [4.78, 5) is 10.9. The molecule has 0 heterocycles. The van der Waals surface area contributed by atoms with Gasteiger partial charge in [-0.15, -0.1) is 0 Å². The molecule has 0 aliphatic carbocycles. The summed E-state index contributed by atoms with van der Waals surface area (Å²) >= 11 is 0. The normalized spacial score (nSPS) is 10.1. The zero-order valence-electron chi connectivity index (χ0n) is 11.4. The van der Waals surface area contributed by atoms with E-state index in [0.717, 1.165) is 38.9 Å². The summed E-state index contributed by atoms with van der Waals surface area (Å²) in [5.41, 5.74) is 1.36. The van der Waals surface area contributed by atoms with Crippen LogP contribution in [-0.2, 0) is 16.0 Å². The van der Waals surface area contributed by atoms with Crippen molar-refractivity contribution in [1.29, 1.82) is 0 Å². The van der Waals surface area contributed by atoms with Crippen molar-refractivity contribution in [3.8, 4) is 0 Å². The molecule has 0 atom stereocenters. The Morgan fingerprint density at radius 1 is 1.16 bits per heavy atom. The average molecular weight is 261 g/mol. The first kappa shape index (κ1) is 15.4. The summed E-state index contributed by atoms with van der Waals surface area (Å²) in [5, 5.41) is 2.74. The second-order valence-corrected chi connectivity index (χ2v) is 4.40. The lowest BCUT2D eigenvalue weighted by Crippen LogP contribution is -2.22. The highest BCUT2D eigenvalue weighted by molar-refractivity contribution is 5.86. The molecule has 1 amide bonds. The van der Waals surface area contributed by atoms with Gasteiger partial charge in [0.2, 0.25) is 5.91 Å². The number of ether oxygens (including phenoxy) is 1. The predicted octanol–water partition coefficient (Wildman–Crippen LogP) is 2.72. The highest BCUT2D eigenvalue weighted by Crippen LogP contribution is 2.02. The minimum absolute atomic E-state index is 0.108. The van der Waals surface area contributed by atoms with Gasteiger partial charge in [0, 0.05) is 19.8 Å². The minimum atomic E-state index is -0.108. The van der Waals surface area contributed by atoms with Crippen LogP contribution in [-0.4, -0.2) is 25.7 Å². The van der Waals surface area contributed by atoms with Crippen LogP contribution in [0.5, 0.6) is 0 Å². The number of benzene rings is 1. The van der Waals surface area contributed by atoms with Crippen molar-refractivity contribution in [1.82, 2.24) is 5.32 Å². The fraction of sp³-hybridized carbons (Fsp3) is 0.438. The van der Waals surface area contributed by atoms with E-state index < -0.39 is 0 Å². The molecule has 1 N–H and O–H groups in total. The van der Waals surface area contributed by atoms with Crippen molar-refractivity contribution in [3.63, 3.8) is 0 Å². The molecule has 0 saturated heterocycles. The Hall–Kier alpha value is -1.61. The fourth-order valence-corrected chi connectivity index (χ4v) is 1.74. The van der Waals surface area contributed by atoms with E-state index in [-0.39, 0.29) is 5.91 Å². The molecule has 104 valence electrons. The van der Waals surface area contributed by atoms with Crippen LogP contribution in [0, 0.1) is 0 Å². The molecule has 0 bridgehead atoms. The van der Waals surface area contributed by atoms with Crippen molar-refractivity contribution in [3.05, 3.63) is 48.6 Å². The number of aryl methyl sites for hydroxylation is 1. The van der Waals surface area contributed by atoms with Gasteiger partial charge in [-0.05, 0) is 37.3 Å². The standard InChI is InChI=1S/C16H23NO2/c1-2-16(18)17-12-6-7-13-19-14-8-11-15-9-4-3-5-10-15/h2-5,9-10H,1,6-8,11-14H2,(H,17,18). The number of unbranched alkanes of at least 4 members (excludes halogenated alkanes) is 1. The van der Waals surface area contributed by atoms with Gasteiger partial charge < -0.3 is 10.1 Å². The summed E-state index contributed by atoms with van der Waals surface area (Å²) in [6, 6.07) is 10.4. The molecule has 0 aliphatic heterocycles. The van der Waals surface area contributed by atoms with E-state index in [0.29, 0.717) is 6.54 Å². The Kier molecular flexibility index (Phi) is 8.39. The zero-order chi connectivity index (χ0) is 13.8. The third-order valence-electron chi connectivity index (χ3n) is 2.80. The van der Waals surface area contributed by atoms with Gasteiger partial charge in [0.25, 0.3) is 0 Å². The quantitative estimate of drug-likeness (QED) is 0.519. The molecular formula is C16H23NO2. The van der Waals surface area contributed by atoms with Gasteiger partial charge in [0.1, 0.15) is 0 Å². The number of hydrogen-bond donors (Lipinski definition) is 1. The molecule has 0 fully saturated rings. The van der Waals surface area contributed by atoms with Crippen LogP contribution in [0.25, 0.3) is 0 Å². The van der Waals surface area contributed by atoms with Crippen LogP contribution < -0.4 is 5.32 Å². The number of amides is 1. The number of nitrogens with one attached hydrogen (secondary N) is 1. The van der Waals surface area contributed by atoms with E-state index in [1.54, 1.807) is 0 Å². The highest BCUT2D eigenvalue weighted by atomic mass is 16.5. The molecule has 0 radical (unpaired) electrons. The maximum Gasteiger partial charge on any atom is 0.243 e. The topological polar surface area (TPSA) is 38.3 Å². The van der Waals surface area contributed by atoms with Gasteiger partial charge in [0.15, 0.2) is 0 Å². The fourth-order valence-electron chi connectivity index (χ4n) is 1.74. The Balaban J connectivity index is 1.86. The third-order valence-corrected chi connectivity index (χ3v) is 2.80. The summed E-state index contributed by atoms with van der Waals surface area (Å²) in [7, 11) is 0. The molecule has 3 nitrogen and oxygen atoms in total. The van der Waals surface area contributed by atoms with Gasteiger partial charge >= 0.3 is 0 Å². The van der Waals surface area contributed by atoms with Crippen LogP contribution in [0.3, 0.4) is 0 Å². The van der Waals surface area contributed by atoms with Crippen molar-refractivity contribution in [2.24, 2.45) is 0 Å². The SMILES string of the molecule is C=CC(=O)NCCCCOCCCc1ccccc1. The van der Waals surface area contributed by atoms with E-state index in [4.69, 9.17) is 4.74 Å². The first-order valence-electron chi connectivity index (χ1n) is 6.85. The maximum absolute atomic E-state index is 10.9. The smallest absolute Gasteiger partial charge is 0.243 e. The minimum Gasteiger partial charge on any atom is -0.381 e. The number of rotatable bonds is 10. The van der Waals surface area contributed by atoms with Crippen molar-refractivity contribution in [2.75, 3.05) is 19.8 Å². The summed E-state index contributed by atoms with van der Waals surface area (Å²) < 4.78 is 5.56. The van der Waals surface area contributed by atoms with Gasteiger partial charge in [0.05, 0.1) is 0 Å². The predicted molar refractivity (Wildman–Crippen MR) is 78.0 cm³/mol. The molecule has 0 aliphatic rings. The lowest BCUT2D eigenvalue weighted by Gasteiger charge is -2.05. The van der Waals surface area contributed by atoms with Gasteiger partial charge in [-0.1, -0.05) is 36.9 Å². The van der Waals surface area contributed by atoms with E-state index in [1.165, 1.54) is 11.6 Å². The molecule has 0 saturated carbocycles. The third kappa shape index (κ3) is 8.16. The van der Waals surface area contributed by atoms with Crippen molar-refractivity contribution >= 4 is 5.91 Å². The summed E-state index contributed by atoms with van der Waals surface area (Å²) in [5.74, 6) is -0.108. The van der Waals surface area contributed by atoms with Crippen molar-refractivity contribution < 1.29 is 9.53 Å². The molecule has 3 heteroatoms. The second kappa shape index (κ2) is 10.3. The number of hydrogen-bond acceptors (Lipinski definition) is 2. The number of carbonyl (C=O) groups is 1. The first-order chi connectivity index (χ1) is 9.33. The van der Waals surface area contributed by atoms with E-state index in [9.17, 15) is 4.79 Å². The van der Waals surface area contributed by atoms with Crippen LogP contribution in [0.2, 0.25) is 0 Å². The van der Waals surface area contributed by atoms with Gasteiger partial charge in [-0.3, -0.25) is 4.79 Å². The molecule has 1 aromatic carbocycles. The largest absolute Gasteiger partial charge is 0.381 e. The van der Waals surface area contributed by atoms with E-state index in [1.807, 2.05) is 6.07 Å².